The molecule has 8 nitrogen and oxygen atoms in total. The molecule has 192 valence electrons. The van der Waals surface area contributed by atoms with Gasteiger partial charge in [-0.2, -0.15) is 0 Å². The third-order valence-corrected chi connectivity index (χ3v) is 7.28. The number of para-hydroxylation sites is 2. The summed E-state index contributed by atoms with van der Waals surface area (Å²) in [6.45, 7) is 1.11. The van der Waals surface area contributed by atoms with Gasteiger partial charge in [0.2, 0.25) is 17.1 Å². The fourth-order valence-corrected chi connectivity index (χ4v) is 5.48. The maximum atomic E-state index is 13.8. The van der Waals surface area contributed by atoms with Gasteiger partial charge in [0.05, 0.1) is 18.0 Å². The Bertz CT molecular complexity index is 1720. The van der Waals surface area contributed by atoms with Crippen molar-refractivity contribution in [3.05, 3.63) is 105 Å². The minimum absolute atomic E-state index is 0.0104. The Balaban J connectivity index is 1.40. The largest absolute Gasteiger partial charge is 0.502 e. The van der Waals surface area contributed by atoms with E-state index in [0.29, 0.717) is 13.1 Å². The summed E-state index contributed by atoms with van der Waals surface area (Å²) in [5, 5.41) is 12.9. The number of nitrogens with one attached hydrogen (secondary N) is 1. The molecule has 2 N–H and O–H groups in total. The average Bonchev–Trinajstić information content (AvgIpc) is 3.31. The zero-order valence-electron chi connectivity index (χ0n) is 20.9. The predicted molar refractivity (Wildman–Crippen MR) is 143 cm³/mol. The summed E-state index contributed by atoms with van der Waals surface area (Å²) in [6, 6.07) is 18.8. The molecular formula is C30H27N3O5. The molecule has 0 aliphatic carbocycles. The number of amides is 1. The van der Waals surface area contributed by atoms with E-state index in [0.717, 1.165) is 34.1 Å². The molecule has 1 aliphatic heterocycles. The third-order valence-electron chi connectivity index (χ3n) is 7.28. The number of hydrogen-bond donors (Lipinski definition) is 2. The lowest BCUT2D eigenvalue weighted by Crippen LogP contribution is -2.36. The first-order valence-corrected chi connectivity index (χ1v) is 12.6. The van der Waals surface area contributed by atoms with Crippen LogP contribution in [0.3, 0.4) is 0 Å². The van der Waals surface area contributed by atoms with E-state index in [9.17, 15) is 14.7 Å². The summed E-state index contributed by atoms with van der Waals surface area (Å²) in [5.74, 6) is -0.970. The average molecular weight is 510 g/mol. The van der Waals surface area contributed by atoms with Gasteiger partial charge in [-0.1, -0.05) is 36.4 Å². The lowest BCUT2D eigenvalue weighted by molar-refractivity contribution is -0.132. The van der Waals surface area contributed by atoms with Crippen LogP contribution in [-0.4, -0.2) is 39.5 Å². The van der Waals surface area contributed by atoms with Crippen LogP contribution in [0.1, 0.15) is 40.7 Å². The number of H-pyrrole nitrogens is 1. The number of aromatic amines is 1. The highest BCUT2D eigenvalue weighted by atomic mass is 16.5. The first-order valence-electron chi connectivity index (χ1n) is 12.6. The van der Waals surface area contributed by atoms with Crippen LogP contribution in [0, 0.1) is 0 Å². The lowest BCUT2D eigenvalue weighted by atomic mass is 9.89. The molecule has 0 radical (unpaired) electrons. The van der Waals surface area contributed by atoms with E-state index in [1.807, 2.05) is 53.4 Å². The van der Waals surface area contributed by atoms with Gasteiger partial charge < -0.3 is 24.1 Å². The summed E-state index contributed by atoms with van der Waals surface area (Å²) in [4.78, 5) is 36.2. The monoisotopic (exact) mass is 509 g/mol. The van der Waals surface area contributed by atoms with Gasteiger partial charge in [-0.25, -0.2) is 0 Å². The highest BCUT2D eigenvalue weighted by molar-refractivity contribution is 5.87. The standard InChI is InChI=1S/C30H27N3O5/c1-37-17-18-14-27(34)29(36)30(38-18)23(19-10-12-31-24-8-4-2-6-20(19)24)15-28(35)33-13-11-22-21-7-3-5-9-25(21)32-26(22)16-33/h2-10,12,14,23,32,36H,11,13,15-17H2,1H3. The normalized spacial score (nSPS) is 14.1. The fraction of sp³-hybridized carbons (Fsp3) is 0.233. The molecule has 0 fully saturated rings. The Morgan fingerprint density at radius 2 is 1.95 bits per heavy atom. The number of benzene rings is 2. The predicted octanol–water partition coefficient (Wildman–Crippen LogP) is 4.63. The third kappa shape index (κ3) is 4.22. The van der Waals surface area contributed by atoms with Crippen LogP contribution < -0.4 is 5.43 Å². The van der Waals surface area contributed by atoms with Crippen LogP contribution in [0.15, 0.2) is 76.1 Å². The van der Waals surface area contributed by atoms with Crippen LogP contribution in [0.4, 0.5) is 0 Å². The maximum Gasteiger partial charge on any atom is 0.227 e. The van der Waals surface area contributed by atoms with E-state index >= 15 is 0 Å². The van der Waals surface area contributed by atoms with Crippen molar-refractivity contribution >= 4 is 27.7 Å². The number of hydrogen-bond acceptors (Lipinski definition) is 6. The lowest BCUT2D eigenvalue weighted by Gasteiger charge is -2.29. The Morgan fingerprint density at radius 3 is 2.79 bits per heavy atom. The summed E-state index contributed by atoms with van der Waals surface area (Å²) in [5.41, 5.74) is 4.27. The van der Waals surface area contributed by atoms with Gasteiger partial charge in [-0.05, 0) is 35.7 Å². The molecule has 2 aromatic carbocycles. The number of methoxy groups -OCH3 is 1. The van der Waals surface area contributed by atoms with Gasteiger partial charge in [0, 0.05) is 54.3 Å². The molecular weight excluding hydrogens is 482 g/mol. The Hall–Kier alpha value is -4.43. The molecule has 5 aromatic rings. The number of nitrogens with zero attached hydrogens (tertiary/aromatic N) is 2. The first-order chi connectivity index (χ1) is 18.5. The number of carbonyl (C=O) groups is 1. The van der Waals surface area contributed by atoms with E-state index in [2.05, 4.69) is 16.0 Å². The molecule has 1 aliphatic rings. The second-order valence-electron chi connectivity index (χ2n) is 9.59. The molecule has 38 heavy (non-hydrogen) atoms. The number of pyridine rings is 1. The van der Waals surface area contributed by atoms with Crippen molar-refractivity contribution in [2.75, 3.05) is 13.7 Å². The highest BCUT2D eigenvalue weighted by Crippen LogP contribution is 2.37. The first kappa shape index (κ1) is 23.9. The zero-order valence-corrected chi connectivity index (χ0v) is 20.9. The molecule has 1 unspecified atom stereocenters. The minimum atomic E-state index is -0.705. The minimum Gasteiger partial charge on any atom is -0.502 e. The molecule has 3 aromatic heterocycles. The summed E-state index contributed by atoms with van der Waals surface area (Å²) in [6.07, 6.45) is 2.43. The molecule has 4 heterocycles. The summed E-state index contributed by atoms with van der Waals surface area (Å²) in [7, 11) is 1.50. The van der Waals surface area contributed by atoms with Crippen molar-refractivity contribution in [2.45, 2.75) is 31.9 Å². The van der Waals surface area contributed by atoms with Crippen molar-refractivity contribution in [1.82, 2.24) is 14.9 Å². The number of ether oxygens (including phenoxy) is 1. The van der Waals surface area contributed by atoms with Crippen LogP contribution in [0.5, 0.6) is 5.75 Å². The van der Waals surface area contributed by atoms with Gasteiger partial charge in [0.25, 0.3) is 0 Å². The number of fused-ring (bicyclic) bond motifs is 4. The van der Waals surface area contributed by atoms with Crippen LogP contribution >= 0.6 is 0 Å². The van der Waals surface area contributed by atoms with E-state index in [1.165, 1.54) is 24.1 Å². The topological polar surface area (TPSA) is 109 Å². The van der Waals surface area contributed by atoms with Crippen molar-refractivity contribution in [1.29, 1.82) is 0 Å². The van der Waals surface area contributed by atoms with Crippen molar-refractivity contribution < 1.29 is 19.1 Å². The molecule has 0 saturated carbocycles. The molecule has 6 rings (SSSR count). The Kier molecular flexibility index (Phi) is 6.17. The van der Waals surface area contributed by atoms with E-state index in [-0.39, 0.29) is 30.5 Å². The van der Waals surface area contributed by atoms with Crippen molar-refractivity contribution in [3.63, 3.8) is 0 Å². The Labute approximate surface area is 218 Å². The SMILES string of the molecule is COCc1cc(=O)c(O)c(C(CC(=O)N2CCc3c([nH]c4ccccc34)C2)c2ccnc3ccccc23)o1. The summed E-state index contributed by atoms with van der Waals surface area (Å²) < 4.78 is 11.2. The van der Waals surface area contributed by atoms with Gasteiger partial charge in [-0.3, -0.25) is 14.6 Å². The van der Waals surface area contributed by atoms with Gasteiger partial charge >= 0.3 is 0 Å². The van der Waals surface area contributed by atoms with Crippen molar-refractivity contribution in [2.24, 2.45) is 0 Å². The number of rotatable bonds is 6. The van der Waals surface area contributed by atoms with Gasteiger partial charge in [-0.15, -0.1) is 0 Å². The number of carbonyl (C=O) groups excluding carboxylic acids is 1. The molecule has 8 heteroatoms. The van der Waals surface area contributed by atoms with Gasteiger partial charge in [0.1, 0.15) is 12.4 Å². The smallest absolute Gasteiger partial charge is 0.227 e. The van der Waals surface area contributed by atoms with Crippen LogP contribution in [-0.2, 0) is 29.1 Å². The Morgan fingerprint density at radius 1 is 1.16 bits per heavy atom. The van der Waals surface area contributed by atoms with E-state index in [1.54, 1.807) is 6.20 Å². The second kappa shape index (κ2) is 9.79. The molecule has 0 saturated heterocycles. The van der Waals surface area contributed by atoms with Gasteiger partial charge in [0.15, 0.2) is 5.76 Å². The highest BCUT2D eigenvalue weighted by Gasteiger charge is 2.31. The van der Waals surface area contributed by atoms with Crippen molar-refractivity contribution in [3.8, 4) is 5.75 Å². The van der Waals surface area contributed by atoms with E-state index < -0.39 is 17.1 Å². The molecule has 0 spiro atoms. The fourth-order valence-electron chi connectivity index (χ4n) is 5.48. The quantitative estimate of drug-likeness (QED) is 0.346. The maximum absolute atomic E-state index is 13.8. The molecule has 1 atom stereocenters. The van der Waals surface area contributed by atoms with E-state index in [4.69, 9.17) is 9.15 Å². The van der Waals surface area contributed by atoms with Crippen LogP contribution in [0.25, 0.3) is 21.8 Å². The zero-order chi connectivity index (χ0) is 26.2. The number of aromatic nitrogens is 2. The second-order valence-corrected chi connectivity index (χ2v) is 9.59. The molecule has 0 bridgehead atoms. The number of aromatic hydroxyl groups is 1. The summed E-state index contributed by atoms with van der Waals surface area (Å²) >= 11 is 0. The van der Waals surface area contributed by atoms with Crippen LogP contribution in [0.2, 0.25) is 0 Å². The molecule has 1 amide bonds.